The van der Waals surface area contributed by atoms with Crippen LogP contribution in [-0.4, -0.2) is 35.3 Å². The van der Waals surface area contributed by atoms with Crippen LogP contribution in [0.3, 0.4) is 0 Å². The number of hydrogen-bond acceptors (Lipinski definition) is 4. The molecule has 0 aromatic heterocycles. The van der Waals surface area contributed by atoms with Crippen LogP contribution in [0.1, 0.15) is 13.8 Å². The number of amidine groups is 1. The summed E-state index contributed by atoms with van der Waals surface area (Å²) in [5.74, 6) is -0.243. The van der Waals surface area contributed by atoms with Gasteiger partial charge in [0.05, 0.1) is 13.2 Å². The van der Waals surface area contributed by atoms with Crippen molar-refractivity contribution in [2.24, 2.45) is 9.98 Å². The zero-order chi connectivity index (χ0) is 11.3. The topological polar surface area (TPSA) is 51.0 Å². The van der Waals surface area contributed by atoms with Crippen LogP contribution < -0.4 is 0 Å². The monoisotopic (exact) mass is 226 g/mol. The Morgan fingerprint density at radius 3 is 3.13 bits per heavy atom. The molecule has 0 fully saturated rings. The summed E-state index contributed by atoms with van der Waals surface area (Å²) in [5.41, 5.74) is 0.751. The highest BCUT2D eigenvalue weighted by atomic mass is 32.2. The molecule has 82 valence electrons. The maximum Gasteiger partial charge on any atom is 0.325 e. The van der Waals surface area contributed by atoms with Crippen molar-refractivity contribution in [3.05, 3.63) is 12.7 Å². The predicted molar refractivity (Wildman–Crippen MR) is 63.6 cm³/mol. The molecule has 0 amide bonds. The summed E-state index contributed by atoms with van der Waals surface area (Å²) in [6.07, 6.45) is 1.69. The van der Waals surface area contributed by atoms with Gasteiger partial charge < -0.3 is 4.74 Å². The highest BCUT2D eigenvalue weighted by molar-refractivity contribution is 8.16. The third-order valence-electron chi connectivity index (χ3n) is 1.73. The number of aliphatic imine (C=N–C) groups is 2. The van der Waals surface area contributed by atoms with E-state index in [1.807, 2.05) is 6.92 Å². The van der Waals surface area contributed by atoms with Crippen LogP contribution in [0.4, 0.5) is 0 Å². The number of ether oxygens (including phenoxy) is 1. The second kappa shape index (κ2) is 5.70. The lowest BCUT2D eigenvalue weighted by Crippen LogP contribution is -2.24. The average Bonchev–Trinajstić information content (AvgIpc) is 2.57. The largest absolute Gasteiger partial charge is 0.465 e. The summed E-state index contributed by atoms with van der Waals surface area (Å²) < 4.78 is 4.93. The first kappa shape index (κ1) is 12.0. The van der Waals surface area contributed by atoms with Crippen molar-refractivity contribution in [2.75, 3.05) is 13.2 Å². The smallest absolute Gasteiger partial charge is 0.325 e. The van der Waals surface area contributed by atoms with Crippen molar-refractivity contribution in [1.82, 2.24) is 0 Å². The Morgan fingerprint density at radius 1 is 1.80 bits per heavy atom. The second-order valence-electron chi connectivity index (χ2n) is 2.92. The third-order valence-corrected chi connectivity index (χ3v) is 2.93. The molecule has 5 heteroatoms. The van der Waals surface area contributed by atoms with Gasteiger partial charge in [0.25, 0.3) is 0 Å². The van der Waals surface area contributed by atoms with Gasteiger partial charge in [-0.05, 0) is 13.8 Å². The van der Waals surface area contributed by atoms with Gasteiger partial charge in [-0.3, -0.25) is 9.79 Å². The Labute approximate surface area is 93.5 Å². The van der Waals surface area contributed by atoms with E-state index in [1.54, 1.807) is 13.0 Å². The summed E-state index contributed by atoms with van der Waals surface area (Å²) >= 11 is 1.33. The van der Waals surface area contributed by atoms with Gasteiger partial charge >= 0.3 is 5.97 Å². The van der Waals surface area contributed by atoms with Crippen molar-refractivity contribution < 1.29 is 9.53 Å². The van der Waals surface area contributed by atoms with Crippen LogP contribution >= 0.6 is 11.8 Å². The normalized spacial score (nSPS) is 22.7. The molecule has 0 aromatic rings. The second-order valence-corrected chi connectivity index (χ2v) is 3.99. The van der Waals surface area contributed by atoms with Crippen molar-refractivity contribution in [2.45, 2.75) is 19.1 Å². The van der Waals surface area contributed by atoms with E-state index in [0.29, 0.717) is 18.3 Å². The summed E-state index contributed by atoms with van der Waals surface area (Å²) in [6.45, 7) is 8.08. The number of thioether (sulfide) groups is 1. The Morgan fingerprint density at radius 2 is 2.53 bits per heavy atom. The fourth-order valence-corrected chi connectivity index (χ4v) is 2.02. The first-order chi connectivity index (χ1) is 7.19. The van der Waals surface area contributed by atoms with Gasteiger partial charge in [-0.2, -0.15) is 0 Å². The number of hydrogen-bond donors (Lipinski definition) is 0. The lowest BCUT2D eigenvalue weighted by molar-refractivity contribution is -0.141. The molecule has 1 aliphatic rings. The van der Waals surface area contributed by atoms with Crippen LogP contribution in [0, 0.1) is 0 Å². The summed E-state index contributed by atoms with van der Waals surface area (Å²) in [7, 11) is 0. The molecule has 1 unspecified atom stereocenters. The Kier molecular flexibility index (Phi) is 4.55. The Hall–Kier alpha value is -1.10. The molecule has 0 aliphatic carbocycles. The van der Waals surface area contributed by atoms with Gasteiger partial charge in [0, 0.05) is 5.71 Å². The van der Waals surface area contributed by atoms with Gasteiger partial charge in [-0.1, -0.05) is 17.8 Å². The minimum Gasteiger partial charge on any atom is -0.465 e. The molecule has 1 heterocycles. The lowest BCUT2D eigenvalue weighted by Gasteiger charge is -2.06. The van der Waals surface area contributed by atoms with Gasteiger partial charge in [0.1, 0.15) is 5.25 Å². The predicted octanol–water partition coefficient (Wildman–Crippen LogP) is 1.67. The van der Waals surface area contributed by atoms with Crippen LogP contribution in [0.25, 0.3) is 0 Å². The van der Waals surface area contributed by atoms with Crippen LogP contribution in [0.15, 0.2) is 22.6 Å². The highest BCUT2D eigenvalue weighted by Gasteiger charge is 2.30. The fourth-order valence-electron chi connectivity index (χ4n) is 1.08. The van der Waals surface area contributed by atoms with Crippen LogP contribution in [0.5, 0.6) is 0 Å². The first-order valence-electron chi connectivity index (χ1n) is 4.72. The van der Waals surface area contributed by atoms with E-state index in [-0.39, 0.29) is 11.2 Å². The summed E-state index contributed by atoms with van der Waals surface area (Å²) in [4.78, 5) is 19.8. The molecular weight excluding hydrogens is 212 g/mol. The molecule has 15 heavy (non-hydrogen) atoms. The summed E-state index contributed by atoms with van der Waals surface area (Å²) in [5, 5.41) is 0.305. The number of esters is 1. The molecule has 0 bridgehead atoms. The van der Waals surface area contributed by atoms with Gasteiger partial charge in [-0.15, -0.1) is 6.58 Å². The molecule has 0 aromatic carbocycles. The Balaban J connectivity index is 2.63. The minimum atomic E-state index is -0.325. The number of rotatable bonds is 4. The molecule has 1 aliphatic heterocycles. The molecule has 0 saturated heterocycles. The van der Waals surface area contributed by atoms with Crippen molar-refractivity contribution in [3.8, 4) is 0 Å². The first-order valence-corrected chi connectivity index (χ1v) is 5.60. The average molecular weight is 226 g/mol. The van der Waals surface area contributed by atoms with Crippen LogP contribution in [-0.2, 0) is 9.53 Å². The molecule has 1 rings (SSSR count). The fraction of sp³-hybridized carbons (Fsp3) is 0.500. The van der Waals surface area contributed by atoms with E-state index in [4.69, 9.17) is 4.74 Å². The van der Waals surface area contributed by atoms with E-state index in [9.17, 15) is 4.79 Å². The molecule has 1 atom stereocenters. The lowest BCUT2D eigenvalue weighted by atomic mass is 10.3. The van der Waals surface area contributed by atoms with Crippen molar-refractivity contribution >= 4 is 28.6 Å². The summed E-state index contributed by atoms with van der Waals surface area (Å²) in [6, 6.07) is 0. The van der Waals surface area contributed by atoms with Crippen molar-refractivity contribution in [3.63, 3.8) is 0 Å². The number of nitrogens with zero attached hydrogens (tertiary/aromatic N) is 2. The van der Waals surface area contributed by atoms with Gasteiger partial charge in [0.15, 0.2) is 5.17 Å². The molecule has 0 spiro atoms. The van der Waals surface area contributed by atoms with Gasteiger partial charge in [-0.25, -0.2) is 4.99 Å². The third kappa shape index (κ3) is 3.20. The van der Waals surface area contributed by atoms with E-state index >= 15 is 0 Å². The standard InChI is InChI=1S/C10H14N2O2S/c1-4-6-11-10-12-7(3)8(15-10)9(13)14-5-2/h4,8H,1,5-6H2,2-3H3. The molecule has 0 N–H and O–H groups in total. The zero-order valence-electron chi connectivity index (χ0n) is 8.90. The number of carbonyl (C=O) groups excluding carboxylic acids is 1. The minimum absolute atomic E-state index is 0.243. The SMILES string of the molecule is C=CCN=C1N=C(C)C(C(=O)OCC)S1. The maximum absolute atomic E-state index is 11.5. The van der Waals surface area contributed by atoms with E-state index in [1.165, 1.54) is 11.8 Å². The zero-order valence-corrected chi connectivity index (χ0v) is 9.71. The molecule has 4 nitrogen and oxygen atoms in total. The molecular formula is C10H14N2O2S. The highest BCUT2D eigenvalue weighted by Crippen LogP contribution is 2.24. The van der Waals surface area contributed by atoms with E-state index < -0.39 is 0 Å². The van der Waals surface area contributed by atoms with E-state index in [2.05, 4.69) is 16.6 Å². The Bertz CT molecular complexity index is 323. The van der Waals surface area contributed by atoms with Gasteiger partial charge in [0.2, 0.25) is 0 Å². The molecule has 0 saturated carbocycles. The molecule has 0 radical (unpaired) electrons. The van der Waals surface area contributed by atoms with Crippen molar-refractivity contribution in [1.29, 1.82) is 0 Å². The number of carbonyl (C=O) groups is 1. The quantitative estimate of drug-likeness (QED) is 0.541. The van der Waals surface area contributed by atoms with E-state index in [0.717, 1.165) is 5.71 Å². The maximum atomic E-state index is 11.5. The van der Waals surface area contributed by atoms with Crippen LogP contribution in [0.2, 0.25) is 0 Å².